The van der Waals surface area contributed by atoms with Crippen LogP contribution in [0.25, 0.3) is 0 Å². The van der Waals surface area contributed by atoms with Crippen molar-refractivity contribution in [2.45, 2.75) is 45.1 Å². The zero-order valence-corrected chi connectivity index (χ0v) is 13.3. The van der Waals surface area contributed by atoms with Gasteiger partial charge in [0.2, 0.25) is 0 Å². The summed E-state index contributed by atoms with van der Waals surface area (Å²) in [5, 5.41) is 15.2. The zero-order chi connectivity index (χ0) is 16.3. The second-order valence-corrected chi connectivity index (χ2v) is 6.54. The maximum absolute atomic E-state index is 11.8. The van der Waals surface area contributed by atoms with Crippen LogP contribution < -0.4 is 10.6 Å². The van der Waals surface area contributed by atoms with Crippen molar-refractivity contribution in [3.63, 3.8) is 0 Å². The molecule has 0 saturated heterocycles. The minimum absolute atomic E-state index is 0.0935. The molecule has 1 aromatic rings. The Bertz CT molecular complexity index is 546. The Labute approximate surface area is 131 Å². The van der Waals surface area contributed by atoms with Crippen LogP contribution in [0.2, 0.25) is 0 Å². The van der Waals surface area contributed by atoms with E-state index in [4.69, 9.17) is 0 Å². The molecule has 1 saturated carbocycles. The Morgan fingerprint density at radius 2 is 1.82 bits per heavy atom. The highest BCUT2D eigenvalue weighted by molar-refractivity contribution is 6.39. The lowest BCUT2D eigenvalue weighted by molar-refractivity contribution is -0.136. The molecule has 0 aliphatic heterocycles. The lowest BCUT2D eigenvalue weighted by Crippen LogP contribution is -2.45. The number of nitrogens with one attached hydrogen (secondary N) is 2. The molecule has 0 spiro atoms. The van der Waals surface area contributed by atoms with Crippen LogP contribution in [0.3, 0.4) is 0 Å². The third-order valence-corrected chi connectivity index (χ3v) is 4.11. The second kappa shape index (κ2) is 6.48. The van der Waals surface area contributed by atoms with Gasteiger partial charge in [-0.25, -0.2) is 0 Å². The molecule has 5 heteroatoms. The predicted octanol–water partition coefficient (Wildman–Crippen LogP) is 2.03. The highest BCUT2D eigenvalue weighted by Gasteiger charge is 2.40. The minimum atomic E-state index is -0.936. The van der Waals surface area contributed by atoms with Crippen LogP contribution in [-0.4, -0.2) is 29.1 Å². The van der Waals surface area contributed by atoms with Gasteiger partial charge in [-0.15, -0.1) is 0 Å². The van der Waals surface area contributed by atoms with E-state index >= 15 is 0 Å². The molecule has 0 aromatic heterocycles. The van der Waals surface area contributed by atoms with Gasteiger partial charge >= 0.3 is 11.8 Å². The van der Waals surface area contributed by atoms with Gasteiger partial charge in [-0.1, -0.05) is 26.0 Å². The Kier molecular flexibility index (Phi) is 4.86. The van der Waals surface area contributed by atoms with Crippen LogP contribution in [0.15, 0.2) is 24.3 Å². The third kappa shape index (κ3) is 4.31. The van der Waals surface area contributed by atoms with Crippen molar-refractivity contribution in [2.75, 3.05) is 11.9 Å². The number of hydrogen-bond acceptors (Lipinski definition) is 3. The monoisotopic (exact) mass is 304 g/mol. The highest BCUT2D eigenvalue weighted by atomic mass is 16.3. The number of aliphatic hydroxyl groups is 1. The van der Waals surface area contributed by atoms with E-state index in [1.165, 1.54) is 5.56 Å². The quantitative estimate of drug-likeness (QED) is 0.728. The number of carbonyl (C=O) groups is 2. The van der Waals surface area contributed by atoms with Gasteiger partial charge in [0.1, 0.15) is 0 Å². The summed E-state index contributed by atoms with van der Waals surface area (Å²) in [5.41, 5.74) is 0.816. The van der Waals surface area contributed by atoms with Gasteiger partial charge in [0.25, 0.3) is 0 Å². The summed E-state index contributed by atoms with van der Waals surface area (Å²) in [5.74, 6) is -0.810. The fourth-order valence-corrected chi connectivity index (χ4v) is 2.33. The highest BCUT2D eigenvalue weighted by Crippen LogP contribution is 2.38. The average Bonchev–Trinajstić information content (AvgIpc) is 3.30. The minimum Gasteiger partial charge on any atom is -0.388 e. The third-order valence-electron chi connectivity index (χ3n) is 4.11. The Morgan fingerprint density at radius 3 is 2.32 bits per heavy atom. The molecule has 3 N–H and O–H groups in total. The molecule has 0 bridgehead atoms. The van der Waals surface area contributed by atoms with Crippen LogP contribution in [0.1, 0.15) is 45.1 Å². The SMILES string of the molecule is CC(C)c1ccc(NC(=O)C(=O)NCC(C)(O)C2CC2)cc1. The lowest BCUT2D eigenvalue weighted by Gasteiger charge is -2.22. The number of rotatable bonds is 5. The topological polar surface area (TPSA) is 78.4 Å². The Balaban J connectivity index is 1.84. The molecule has 0 radical (unpaired) electrons. The van der Waals surface area contributed by atoms with Crippen molar-refractivity contribution < 1.29 is 14.7 Å². The average molecular weight is 304 g/mol. The molecule has 1 aliphatic carbocycles. The molecule has 1 fully saturated rings. The number of anilines is 1. The van der Waals surface area contributed by atoms with E-state index in [2.05, 4.69) is 24.5 Å². The van der Waals surface area contributed by atoms with E-state index in [1.807, 2.05) is 12.1 Å². The van der Waals surface area contributed by atoms with Gasteiger partial charge in [-0.2, -0.15) is 0 Å². The smallest absolute Gasteiger partial charge is 0.313 e. The van der Waals surface area contributed by atoms with Crippen LogP contribution in [-0.2, 0) is 9.59 Å². The van der Waals surface area contributed by atoms with Crippen LogP contribution in [0, 0.1) is 5.92 Å². The molecular weight excluding hydrogens is 280 g/mol. The summed E-state index contributed by atoms with van der Waals surface area (Å²) in [6.45, 7) is 5.96. The molecule has 1 unspecified atom stereocenters. The van der Waals surface area contributed by atoms with E-state index in [1.54, 1.807) is 19.1 Å². The number of benzene rings is 1. The molecule has 1 atom stereocenters. The number of carbonyl (C=O) groups excluding carboxylic acids is 2. The van der Waals surface area contributed by atoms with E-state index in [0.29, 0.717) is 11.6 Å². The van der Waals surface area contributed by atoms with Gasteiger partial charge < -0.3 is 15.7 Å². The molecule has 2 rings (SSSR count). The normalized spacial score (nSPS) is 17.0. The molecule has 0 heterocycles. The zero-order valence-electron chi connectivity index (χ0n) is 13.3. The maximum atomic E-state index is 11.8. The van der Waals surface area contributed by atoms with Crippen molar-refractivity contribution in [3.8, 4) is 0 Å². The van der Waals surface area contributed by atoms with Gasteiger partial charge in [0.05, 0.1) is 5.60 Å². The van der Waals surface area contributed by atoms with E-state index in [0.717, 1.165) is 12.8 Å². The summed E-state index contributed by atoms with van der Waals surface area (Å²) in [4.78, 5) is 23.6. The largest absolute Gasteiger partial charge is 0.388 e. The molecule has 120 valence electrons. The van der Waals surface area contributed by atoms with Crippen LogP contribution in [0.4, 0.5) is 5.69 Å². The fraction of sp³-hybridized carbons (Fsp3) is 0.529. The molecule has 1 aromatic carbocycles. The van der Waals surface area contributed by atoms with E-state index < -0.39 is 17.4 Å². The summed E-state index contributed by atoms with van der Waals surface area (Å²) in [6, 6.07) is 7.41. The van der Waals surface area contributed by atoms with Gasteiger partial charge in [-0.05, 0) is 49.3 Å². The fourth-order valence-electron chi connectivity index (χ4n) is 2.33. The first-order valence-electron chi connectivity index (χ1n) is 7.71. The summed E-state index contributed by atoms with van der Waals surface area (Å²) in [7, 11) is 0. The molecule has 22 heavy (non-hydrogen) atoms. The first-order chi connectivity index (χ1) is 10.3. The van der Waals surface area contributed by atoms with Crippen molar-refractivity contribution in [1.29, 1.82) is 0 Å². The first-order valence-corrected chi connectivity index (χ1v) is 7.71. The molecule has 1 aliphatic rings. The van der Waals surface area contributed by atoms with E-state index in [9.17, 15) is 14.7 Å². The molecular formula is C17H24N2O3. The standard InChI is InChI=1S/C17H24N2O3/c1-11(2)12-4-8-14(9-5-12)19-16(21)15(20)18-10-17(3,22)13-6-7-13/h4-5,8-9,11,13,22H,6-7,10H2,1-3H3,(H,18,20)(H,19,21). The predicted molar refractivity (Wildman–Crippen MR) is 85.5 cm³/mol. The summed E-state index contributed by atoms with van der Waals surface area (Å²) >= 11 is 0. The van der Waals surface area contributed by atoms with Crippen molar-refractivity contribution >= 4 is 17.5 Å². The molecule has 2 amide bonds. The number of amides is 2. The van der Waals surface area contributed by atoms with Crippen LogP contribution >= 0.6 is 0 Å². The Hall–Kier alpha value is -1.88. The van der Waals surface area contributed by atoms with Gasteiger partial charge in [-0.3, -0.25) is 9.59 Å². The van der Waals surface area contributed by atoms with Crippen LogP contribution in [0.5, 0.6) is 0 Å². The molecule has 5 nitrogen and oxygen atoms in total. The van der Waals surface area contributed by atoms with Gasteiger partial charge in [0, 0.05) is 12.2 Å². The Morgan fingerprint density at radius 1 is 1.23 bits per heavy atom. The lowest BCUT2D eigenvalue weighted by atomic mass is 10.0. The van der Waals surface area contributed by atoms with Crippen molar-refractivity contribution in [3.05, 3.63) is 29.8 Å². The maximum Gasteiger partial charge on any atom is 0.313 e. The van der Waals surface area contributed by atoms with Gasteiger partial charge in [0.15, 0.2) is 0 Å². The summed E-state index contributed by atoms with van der Waals surface area (Å²) in [6.07, 6.45) is 1.94. The summed E-state index contributed by atoms with van der Waals surface area (Å²) < 4.78 is 0. The first kappa shape index (κ1) is 16.5. The number of hydrogen-bond donors (Lipinski definition) is 3. The van der Waals surface area contributed by atoms with Crippen molar-refractivity contribution in [1.82, 2.24) is 5.32 Å². The van der Waals surface area contributed by atoms with E-state index in [-0.39, 0.29) is 12.5 Å². The second-order valence-electron chi connectivity index (χ2n) is 6.54. The van der Waals surface area contributed by atoms with Crippen molar-refractivity contribution in [2.24, 2.45) is 5.92 Å².